The summed E-state index contributed by atoms with van der Waals surface area (Å²) in [5.74, 6) is -2.01. The Morgan fingerprint density at radius 2 is 1.23 bits per heavy atom. The van der Waals surface area contributed by atoms with Gasteiger partial charge in [-0.2, -0.15) is 0 Å². The maximum Gasteiger partial charge on any atom is 0.358 e. The van der Waals surface area contributed by atoms with E-state index >= 15 is 0 Å². The average Bonchev–Trinajstić information content (AvgIpc) is 3.00. The van der Waals surface area contributed by atoms with Gasteiger partial charge in [-0.05, 0) is 42.6 Å². The van der Waals surface area contributed by atoms with Gasteiger partial charge in [-0.3, -0.25) is 0 Å². The van der Waals surface area contributed by atoms with Gasteiger partial charge in [0.15, 0.2) is 11.4 Å². The number of carbonyl (C=O) groups is 2. The number of rotatable bonds is 5. The van der Waals surface area contributed by atoms with E-state index in [1.165, 1.54) is 25.3 Å². The molecule has 0 aliphatic rings. The van der Waals surface area contributed by atoms with Crippen LogP contribution in [-0.2, 0) is 24.9 Å². The molecule has 0 saturated carbocycles. The zero-order chi connectivity index (χ0) is 27.9. The molecule has 3 aromatic heterocycles. The van der Waals surface area contributed by atoms with E-state index in [1.807, 2.05) is 84.9 Å². The quantitative estimate of drug-likeness (QED) is 0.129. The van der Waals surface area contributed by atoms with Crippen molar-refractivity contribution in [3.05, 3.63) is 146 Å². The summed E-state index contributed by atoms with van der Waals surface area (Å²) in [6.07, 6.45) is 4.88. The van der Waals surface area contributed by atoms with Crippen molar-refractivity contribution in [1.82, 2.24) is 15.0 Å². The molecule has 0 fully saturated rings. The van der Waals surface area contributed by atoms with Gasteiger partial charge in [-0.25, -0.2) is 14.6 Å². The van der Waals surface area contributed by atoms with Crippen molar-refractivity contribution >= 4 is 11.9 Å². The molecule has 0 bridgehead atoms. The second-order valence-corrected chi connectivity index (χ2v) is 7.81. The largest absolute Gasteiger partial charge is 0.476 e. The predicted molar refractivity (Wildman–Crippen MR) is 149 cm³/mol. The molecule has 3 heterocycles. The van der Waals surface area contributed by atoms with Crippen LogP contribution >= 0.6 is 0 Å². The van der Waals surface area contributed by atoms with Crippen LogP contribution in [0.3, 0.4) is 0 Å². The first-order valence-electron chi connectivity index (χ1n) is 11.8. The van der Waals surface area contributed by atoms with Crippen LogP contribution in [0.2, 0.25) is 0 Å². The summed E-state index contributed by atoms with van der Waals surface area (Å²) in [6, 6.07) is 36.5. The summed E-state index contributed by atoms with van der Waals surface area (Å²) in [5, 5.41) is 8.74. The predicted octanol–water partition coefficient (Wildman–Crippen LogP) is 6.36. The normalized spacial score (nSPS) is 9.32. The molecule has 0 atom stereocenters. The summed E-state index contributed by atoms with van der Waals surface area (Å²) >= 11 is 0. The smallest absolute Gasteiger partial charge is 0.358 e. The number of hydrogen-bond acceptors (Lipinski definition) is 6. The second kappa shape index (κ2) is 16.9. The number of esters is 1. The summed E-state index contributed by atoms with van der Waals surface area (Å²) < 4.78 is 4.79. The average molecular weight is 708 g/mol. The maximum absolute atomic E-state index is 11.1. The summed E-state index contributed by atoms with van der Waals surface area (Å²) in [7, 11) is 0. The Morgan fingerprint density at radius 1 is 0.725 bits per heavy atom. The molecular formula is C32H25IrN3O4-2. The van der Waals surface area contributed by atoms with E-state index in [4.69, 9.17) is 9.84 Å². The Labute approximate surface area is 246 Å². The Hall–Kier alpha value is -4.78. The zero-order valence-electron chi connectivity index (χ0n) is 21.5. The number of benzene rings is 2. The molecule has 5 rings (SSSR count). The van der Waals surface area contributed by atoms with Crippen LogP contribution in [0.15, 0.2) is 128 Å². The van der Waals surface area contributed by atoms with E-state index in [2.05, 4.69) is 33.7 Å². The van der Waals surface area contributed by atoms with Crippen molar-refractivity contribution in [2.45, 2.75) is 6.92 Å². The first kappa shape index (κ1) is 31.4. The third-order valence-corrected chi connectivity index (χ3v) is 4.82. The van der Waals surface area contributed by atoms with Crippen LogP contribution in [0.5, 0.6) is 5.75 Å². The number of aromatic carboxylic acids is 1. The Balaban J connectivity index is 0.000000209. The van der Waals surface area contributed by atoms with Gasteiger partial charge in [0.05, 0.1) is 0 Å². The monoisotopic (exact) mass is 708 g/mol. The van der Waals surface area contributed by atoms with E-state index in [0.717, 1.165) is 22.5 Å². The number of carbonyl (C=O) groups excluding carboxylic acids is 1. The van der Waals surface area contributed by atoms with E-state index in [1.54, 1.807) is 12.4 Å². The van der Waals surface area contributed by atoms with Crippen molar-refractivity contribution in [3.63, 3.8) is 0 Å². The number of aromatic nitrogens is 3. The fourth-order valence-corrected chi connectivity index (χ4v) is 2.97. The van der Waals surface area contributed by atoms with Crippen molar-refractivity contribution in [3.8, 4) is 28.3 Å². The molecule has 40 heavy (non-hydrogen) atoms. The van der Waals surface area contributed by atoms with Gasteiger partial charge in [0.25, 0.3) is 0 Å². The third kappa shape index (κ3) is 10.2. The summed E-state index contributed by atoms with van der Waals surface area (Å²) in [5.41, 5.74) is 3.91. The van der Waals surface area contributed by atoms with Crippen molar-refractivity contribution in [2.24, 2.45) is 0 Å². The van der Waals surface area contributed by atoms with E-state index in [0.29, 0.717) is 0 Å². The van der Waals surface area contributed by atoms with Crippen molar-refractivity contribution < 1.29 is 39.5 Å². The molecule has 7 nitrogen and oxygen atoms in total. The molecular weight excluding hydrogens is 683 g/mol. The Bertz CT molecular complexity index is 1330. The number of ether oxygens (including phenoxy) is 1. The Morgan fingerprint density at radius 3 is 1.62 bits per heavy atom. The Kier molecular flexibility index (Phi) is 13.3. The van der Waals surface area contributed by atoms with E-state index in [-0.39, 0.29) is 37.1 Å². The molecule has 0 aliphatic heterocycles. The molecule has 2 aromatic carbocycles. The number of carboxylic acid groups (broad SMARTS) is 1. The van der Waals surface area contributed by atoms with E-state index < -0.39 is 11.9 Å². The third-order valence-electron chi connectivity index (χ3n) is 4.82. The molecule has 0 unspecified atom stereocenters. The van der Waals surface area contributed by atoms with Gasteiger partial charge in [-0.1, -0.05) is 30.8 Å². The van der Waals surface area contributed by atoms with Crippen LogP contribution in [0.1, 0.15) is 17.4 Å². The number of nitrogens with zero attached hydrogens (tertiary/aromatic N) is 3. The minimum atomic E-state index is -1.25. The first-order valence-corrected chi connectivity index (χ1v) is 11.8. The first-order chi connectivity index (χ1) is 19.0. The van der Waals surface area contributed by atoms with Gasteiger partial charge in [0.2, 0.25) is 0 Å². The van der Waals surface area contributed by atoms with Gasteiger partial charge in [-0.15, -0.1) is 71.8 Å². The number of hydrogen-bond donors (Lipinski definition) is 1. The maximum atomic E-state index is 11.1. The number of pyridine rings is 3. The zero-order valence-corrected chi connectivity index (χ0v) is 23.9. The molecule has 1 N–H and O–H groups in total. The summed E-state index contributed by atoms with van der Waals surface area (Å²) in [4.78, 5) is 33.9. The van der Waals surface area contributed by atoms with Crippen LogP contribution in [0.4, 0.5) is 0 Å². The molecule has 1 radical (unpaired) electrons. The second-order valence-electron chi connectivity index (χ2n) is 7.81. The molecule has 0 aliphatic carbocycles. The topological polar surface area (TPSA) is 102 Å². The van der Waals surface area contributed by atoms with Crippen molar-refractivity contribution in [2.75, 3.05) is 0 Å². The van der Waals surface area contributed by atoms with Crippen molar-refractivity contribution in [1.29, 1.82) is 0 Å². The van der Waals surface area contributed by atoms with Crippen LogP contribution in [-0.4, -0.2) is 32.0 Å². The summed E-state index contributed by atoms with van der Waals surface area (Å²) in [6.45, 7) is 4.85. The van der Waals surface area contributed by atoms with E-state index in [9.17, 15) is 9.59 Å². The van der Waals surface area contributed by atoms with Gasteiger partial charge in [0, 0.05) is 44.3 Å². The molecule has 0 spiro atoms. The van der Waals surface area contributed by atoms with Crippen LogP contribution in [0.25, 0.3) is 22.5 Å². The molecule has 8 heteroatoms. The van der Waals surface area contributed by atoms with Gasteiger partial charge in [0.1, 0.15) is 0 Å². The minimum Gasteiger partial charge on any atom is -0.476 e. The van der Waals surface area contributed by atoms with Gasteiger partial charge >= 0.3 is 11.9 Å². The number of carboxylic acids is 1. The van der Waals surface area contributed by atoms with Gasteiger partial charge < -0.3 is 19.8 Å². The minimum absolute atomic E-state index is 0. The molecule has 0 amide bonds. The SMILES string of the molecule is C=C(C)C(=O)Oc1cccnc1C(=O)O.[Ir].[c-]1ccccc1-c1ccccn1.[c-]1ccccc1-c1ccccn1. The standard InChI is InChI=1S/2C11H8N.C10H9NO4.Ir/c2*1-2-6-10(7-3-1)11-8-4-5-9-12-11;1-6(2)10(14)15-7-4-3-5-11-8(7)9(12)13;/h2*1-6,8-9H;3-5H,1H2,2H3,(H,12,13);/q2*-1;;. The molecule has 0 saturated heterocycles. The molecule has 203 valence electrons. The fourth-order valence-electron chi connectivity index (χ4n) is 2.97. The fraction of sp³-hybridized carbons (Fsp3) is 0.0312. The van der Waals surface area contributed by atoms with Crippen LogP contribution in [0, 0.1) is 12.1 Å². The van der Waals surface area contributed by atoms with Crippen LogP contribution < -0.4 is 4.74 Å². The molecule has 5 aromatic rings.